The van der Waals surface area contributed by atoms with Gasteiger partial charge < -0.3 is 4.74 Å². The average molecular weight is 380 g/mol. The third-order valence-electron chi connectivity index (χ3n) is 4.00. The van der Waals surface area contributed by atoms with Crippen molar-refractivity contribution in [2.24, 2.45) is 0 Å². The molecule has 6 heteroatoms. The highest BCUT2D eigenvalue weighted by Crippen LogP contribution is 2.21. The molecule has 0 aliphatic carbocycles. The largest absolute Gasteiger partial charge is 0.497 e. The lowest BCUT2D eigenvalue weighted by Crippen LogP contribution is -2.43. The molecule has 138 valence electrons. The molecule has 0 unspecified atom stereocenters. The Morgan fingerprint density at radius 2 is 1.59 bits per heavy atom. The molecule has 3 aromatic carbocycles. The van der Waals surface area contributed by atoms with E-state index < -0.39 is 0 Å². The molecule has 3 rings (SSSR count). The monoisotopic (exact) mass is 380 g/mol. The molecule has 0 spiro atoms. The van der Waals surface area contributed by atoms with Gasteiger partial charge >= 0.3 is 0 Å². The first-order valence-electron chi connectivity index (χ1n) is 8.47. The lowest BCUT2D eigenvalue weighted by Gasteiger charge is -2.09. The molecule has 27 heavy (non-hydrogen) atoms. The Hall–Kier alpha value is -2.99. The van der Waals surface area contributed by atoms with E-state index >= 15 is 0 Å². The number of rotatable bonds is 6. The van der Waals surface area contributed by atoms with Gasteiger partial charge in [0.15, 0.2) is 0 Å². The van der Waals surface area contributed by atoms with Crippen LogP contribution in [-0.4, -0.2) is 24.7 Å². The van der Waals surface area contributed by atoms with Gasteiger partial charge in [-0.2, -0.15) is 0 Å². The van der Waals surface area contributed by atoms with Crippen LogP contribution in [0.25, 0.3) is 10.8 Å². The standard InChI is InChI=1S/C21H20N2O3S/c1-26-17-9-11-18(12-10-17)27-14-21(25)23-22-20(24)13-16-7-4-6-15-5-2-3-8-19(15)16/h2-12H,13-14H2,1H3,(H,22,24)(H,23,25). The van der Waals surface area contributed by atoms with Crippen LogP contribution >= 0.6 is 11.8 Å². The van der Waals surface area contributed by atoms with Crippen LogP contribution in [0.15, 0.2) is 71.6 Å². The van der Waals surface area contributed by atoms with E-state index in [9.17, 15) is 9.59 Å². The summed E-state index contributed by atoms with van der Waals surface area (Å²) in [5, 5.41) is 2.12. The van der Waals surface area contributed by atoms with Crippen LogP contribution < -0.4 is 15.6 Å². The molecule has 0 saturated carbocycles. The number of hydrogen-bond donors (Lipinski definition) is 2. The van der Waals surface area contributed by atoms with Gasteiger partial charge in [-0.1, -0.05) is 42.5 Å². The highest BCUT2D eigenvalue weighted by Gasteiger charge is 2.09. The van der Waals surface area contributed by atoms with Crippen molar-refractivity contribution in [2.75, 3.05) is 12.9 Å². The minimum atomic E-state index is -0.262. The second kappa shape index (κ2) is 9.09. The molecule has 5 nitrogen and oxygen atoms in total. The van der Waals surface area contributed by atoms with Crippen molar-refractivity contribution < 1.29 is 14.3 Å². The summed E-state index contributed by atoms with van der Waals surface area (Å²) < 4.78 is 5.10. The summed E-state index contributed by atoms with van der Waals surface area (Å²) in [5.41, 5.74) is 5.86. The Morgan fingerprint density at radius 1 is 0.889 bits per heavy atom. The smallest absolute Gasteiger partial charge is 0.248 e. The van der Waals surface area contributed by atoms with E-state index in [0.717, 1.165) is 27.0 Å². The molecule has 2 amide bonds. The lowest BCUT2D eigenvalue weighted by atomic mass is 10.0. The molecule has 0 saturated heterocycles. The lowest BCUT2D eigenvalue weighted by molar-refractivity contribution is -0.127. The number of carbonyl (C=O) groups is 2. The highest BCUT2D eigenvalue weighted by atomic mass is 32.2. The van der Waals surface area contributed by atoms with Gasteiger partial charge in [-0.15, -0.1) is 11.8 Å². The quantitative estimate of drug-likeness (QED) is 0.508. The maximum Gasteiger partial charge on any atom is 0.248 e. The number of methoxy groups -OCH3 is 1. The first-order valence-corrected chi connectivity index (χ1v) is 9.45. The number of carbonyl (C=O) groups excluding carboxylic acids is 2. The first-order chi connectivity index (χ1) is 13.2. The Labute approximate surface area is 162 Å². The molecule has 0 heterocycles. The number of ether oxygens (including phenoxy) is 1. The van der Waals surface area contributed by atoms with Gasteiger partial charge in [0.2, 0.25) is 11.8 Å². The SMILES string of the molecule is COc1ccc(SCC(=O)NNC(=O)Cc2cccc3ccccc23)cc1. The fraction of sp³-hybridized carbons (Fsp3) is 0.143. The Kier molecular flexibility index (Phi) is 6.33. The molecule has 3 aromatic rings. The molecule has 0 atom stereocenters. The van der Waals surface area contributed by atoms with Gasteiger partial charge in [0, 0.05) is 4.90 Å². The Morgan fingerprint density at radius 3 is 2.37 bits per heavy atom. The van der Waals surface area contributed by atoms with Crippen molar-refractivity contribution in [2.45, 2.75) is 11.3 Å². The molecule has 2 N–H and O–H groups in total. The van der Waals surface area contributed by atoms with Crippen molar-refractivity contribution in [1.29, 1.82) is 0 Å². The van der Waals surface area contributed by atoms with Crippen LogP contribution in [0.3, 0.4) is 0 Å². The van der Waals surface area contributed by atoms with Crippen LogP contribution in [0.1, 0.15) is 5.56 Å². The molecular formula is C21H20N2O3S. The summed E-state index contributed by atoms with van der Waals surface area (Å²) in [4.78, 5) is 25.0. The fourth-order valence-electron chi connectivity index (χ4n) is 2.66. The number of hydrazine groups is 1. The topological polar surface area (TPSA) is 67.4 Å². The Bertz CT molecular complexity index is 936. The second-order valence-corrected chi connectivity index (χ2v) is 6.92. The van der Waals surface area contributed by atoms with Crippen LogP contribution in [0.4, 0.5) is 0 Å². The molecule has 0 radical (unpaired) electrons. The summed E-state index contributed by atoms with van der Waals surface area (Å²) in [6.07, 6.45) is 0.202. The minimum Gasteiger partial charge on any atom is -0.497 e. The number of benzene rings is 3. The zero-order valence-corrected chi connectivity index (χ0v) is 15.7. The first kappa shape index (κ1) is 18.8. The van der Waals surface area contributed by atoms with Gasteiger partial charge in [0.05, 0.1) is 19.3 Å². The van der Waals surface area contributed by atoms with E-state index in [1.54, 1.807) is 7.11 Å². The molecule has 0 aliphatic rings. The maximum absolute atomic E-state index is 12.2. The number of nitrogens with one attached hydrogen (secondary N) is 2. The van der Waals surface area contributed by atoms with Crippen LogP contribution in [0, 0.1) is 0 Å². The number of thioether (sulfide) groups is 1. The molecule has 0 fully saturated rings. The van der Waals surface area contributed by atoms with Gasteiger partial charge in [-0.05, 0) is 40.6 Å². The fourth-order valence-corrected chi connectivity index (χ4v) is 3.36. The van der Waals surface area contributed by atoms with E-state index in [4.69, 9.17) is 4.74 Å². The number of amides is 2. The third-order valence-corrected chi connectivity index (χ3v) is 5.01. The molecule has 0 bridgehead atoms. The normalized spacial score (nSPS) is 10.4. The molecule has 0 aromatic heterocycles. The zero-order chi connectivity index (χ0) is 19.1. The van der Waals surface area contributed by atoms with E-state index in [1.807, 2.05) is 66.7 Å². The van der Waals surface area contributed by atoms with Crippen molar-refractivity contribution >= 4 is 34.3 Å². The van der Waals surface area contributed by atoms with Crippen molar-refractivity contribution in [3.05, 3.63) is 72.3 Å². The van der Waals surface area contributed by atoms with Gasteiger partial charge in [0.1, 0.15) is 5.75 Å². The maximum atomic E-state index is 12.2. The van der Waals surface area contributed by atoms with Gasteiger partial charge in [-0.3, -0.25) is 20.4 Å². The number of hydrogen-bond acceptors (Lipinski definition) is 4. The van der Waals surface area contributed by atoms with Gasteiger partial charge in [-0.25, -0.2) is 0 Å². The van der Waals surface area contributed by atoms with Crippen LogP contribution in [-0.2, 0) is 16.0 Å². The van der Waals surface area contributed by atoms with Gasteiger partial charge in [0.25, 0.3) is 0 Å². The third kappa shape index (κ3) is 5.24. The van der Waals surface area contributed by atoms with Crippen LogP contribution in [0.2, 0.25) is 0 Å². The second-order valence-electron chi connectivity index (χ2n) is 5.88. The number of fused-ring (bicyclic) bond motifs is 1. The predicted molar refractivity (Wildman–Crippen MR) is 108 cm³/mol. The summed E-state index contributed by atoms with van der Waals surface area (Å²) >= 11 is 1.39. The summed E-state index contributed by atoms with van der Waals surface area (Å²) in [6.45, 7) is 0. The van der Waals surface area contributed by atoms with Crippen molar-refractivity contribution in [3.63, 3.8) is 0 Å². The minimum absolute atomic E-state index is 0.202. The zero-order valence-electron chi connectivity index (χ0n) is 14.9. The summed E-state index contributed by atoms with van der Waals surface area (Å²) in [5.74, 6) is 0.460. The van der Waals surface area contributed by atoms with E-state index in [0.29, 0.717) is 0 Å². The van der Waals surface area contributed by atoms with Crippen LogP contribution in [0.5, 0.6) is 5.75 Å². The van der Waals surface area contributed by atoms with E-state index in [-0.39, 0.29) is 24.0 Å². The Balaban J connectivity index is 1.47. The van der Waals surface area contributed by atoms with E-state index in [1.165, 1.54) is 11.8 Å². The van der Waals surface area contributed by atoms with E-state index in [2.05, 4.69) is 10.9 Å². The molecular weight excluding hydrogens is 360 g/mol. The van der Waals surface area contributed by atoms with Crippen molar-refractivity contribution in [3.8, 4) is 5.75 Å². The van der Waals surface area contributed by atoms with Crippen molar-refractivity contribution in [1.82, 2.24) is 10.9 Å². The summed E-state index contributed by atoms with van der Waals surface area (Å²) in [7, 11) is 1.61. The summed E-state index contributed by atoms with van der Waals surface area (Å²) in [6, 6.07) is 21.2. The molecule has 0 aliphatic heterocycles. The highest BCUT2D eigenvalue weighted by molar-refractivity contribution is 8.00. The average Bonchev–Trinajstić information content (AvgIpc) is 2.71. The predicted octanol–water partition coefficient (Wildman–Crippen LogP) is 3.33.